The summed E-state index contributed by atoms with van der Waals surface area (Å²) in [4.78, 5) is 2.72. The van der Waals surface area contributed by atoms with Gasteiger partial charge in [-0.2, -0.15) is 0 Å². The molecule has 0 saturated carbocycles. The molecule has 3 unspecified atom stereocenters. The Kier molecular flexibility index (Phi) is 4.42. The van der Waals surface area contributed by atoms with Gasteiger partial charge in [0.1, 0.15) is 0 Å². The quantitative estimate of drug-likeness (QED) is 0.909. The van der Waals surface area contributed by atoms with Crippen molar-refractivity contribution in [3.8, 4) is 0 Å². The van der Waals surface area contributed by atoms with E-state index in [-0.39, 0.29) is 0 Å². The van der Waals surface area contributed by atoms with Crippen LogP contribution in [0.15, 0.2) is 24.3 Å². The molecule has 2 heteroatoms. The maximum Gasteiger partial charge on any atom is 0.0193 e. The Morgan fingerprint density at radius 1 is 1.30 bits per heavy atom. The summed E-state index contributed by atoms with van der Waals surface area (Å²) in [6.07, 6.45) is 5.25. The number of aryl methyl sites for hydroxylation is 1. The molecule has 0 aromatic heterocycles. The Morgan fingerprint density at radius 2 is 2.15 bits per heavy atom. The second-order valence-electron chi connectivity index (χ2n) is 6.60. The molecule has 1 aliphatic heterocycles. The van der Waals surface area contributed by atoms with Gasteiger partial charge < -0.3 is 5.32 Å². The number of piperazine rings is 1. The molecule has 2 aliphatic rings. The van der Waals surface area contributed by atoms with E-state index in [1.165, 1.54) is 38.8 Å². The predicted molar refractivity (Wildman–Crippen MR) is 85.2 cm³/mol. The molecule has 1 aromatic carbocycles. The van der Waals surface area contributed by atoms with Crippen LogP contribution in [-0.4, -0.2) is 36.6 Å². The topological polar surface area (TPSA) is 15.3 Å². The van der Waals surface area contributed by atoms with Crippen molar-refractivity contribution < 1.29 is 0 Å². The minimum atomic E-state index is 0.673. The van der Waals surface area contributed by atoms with E-state index >= 15 is 0 Å². The van der Waals surface area contributed by atoms with Crippen molar-refractivity contribution in [1.29, 1.82) is 0 Å². The van der Waals surface area contributed by atoms with Crippen molar-refractivity contribution in [2.45, 2.75) is 57.5 Å². The molecule has 1 fully saturated rings. The van der Waals surface area contributed by atoms with Crippen LogP contribution < -0.4 is 5.32 Å². The number of hydrogen-bond donors (Lipinski definition) is 1. The molecule has 0 amide bonds. The van der Waals surface area contributed by atoms with E-state index in [1.807, 2.05) is 0 Å². The van der Waals surface area contributed by atoms with Crippen LogP contribution >= 0.6 is 0 Å². The van der Waals surface area contributed by atoms with Crippen LogP contribution in [0.2, 0.25) is 0 Å². The molecule has 3 rings (SSSR count). The van der Waals surface area contributed by atoms with Crippen LogP contribution in [-0.2, 0) is 6.42 Å². The lowest BCUT2D eigenvalue weighted by molar-refractivity contribution is 0.128. The molecule has 1 aliphatic carbocycles. The lowest BCUT2D eigenvalue weighted by Crippen LogP contribution is -2.56. The Bertz CT molecular complexity index is 443. The van der Waals surface area contributed by atoms with Gasteiger partial charge in [-0.15, -0.1) is 0 Å². The molecule has 2 nitrogen and oxygen atoms in total. The summed E-state index contributed by atoms with van der Waals surface area (Å²) in [5, 5.41) is 3.66. The zero-order valence-electron chi connectivity index (χ0n) is 12.9. The third-order valence-electron chi connectivity index (χ3n) is 5.22. The van der Waals surface area contributed by atoms with E-state index in [4.69, 9.17) is 0 Å². The van der Waals surface area contributed by atoms with Crippen LogP contribution in [0.25, 0.3) is 0 Å². The summed E-state index contributed by atoms with van der Waals surface area (Å²) in [6, 6.07) is 10.5. The van der Waals surface area contributed by atoms with Crippen molar-refractivity contribution in [2.24, 2.45) is 0 Å². The molecule has 110 valence electrons. The summed E-state index contributed by atoms with van der Waals surface area (Å²) in [5.74, 6) is 0.748. The highest BCUT2D eigenvalue weighted by Gasteiger charge is 2.28. The van der Waals surface area contributed by atoms with E-state index in [0.29, 0.717) is 12.1 Å². The van der Waals surface area contributed by atoms with Crippen molar-refractivity contribution >= 4 is 0 Å². The van der Waals surface area contributed by atoms with Crippen LogP contribution in [0.3, 0.4) is 0 Å². The van der Waals surface area contributed by atoms with E-state index in [1.54, 1.807) is 11.1 Å². The van der Waals surface area contributed by atoms with Gasteiger partial charge in [0.15, 0.2) is 0 Å². The predicted octanol–water partition coefficient (Wildman–Crippen LogP) is 3.18. The zero-order chi connectivity index (χ0) is 13.9. The molecular formula is C18H28N2. The monoisotopic (exact) mass is 272 g/mol. The Morgan fingerprint density at radius 3 is 3.00 bits per heavy atom. The number of rotatable bonds is 3. The number of nitrogens with one attached hydrogen (secondary N) is 1. The summed E-state index contributed by atoms with van der Waals surface area (Å²) in [7, 11) is 0. The summed E-state index contributed by atoms with van der Waals surface area (Å²) >= 11 is 0. The molecule has 0 spiro atoms. The SMILES string of the molecule is CCC1CN(CC2CCCc3ccccc32)C(C)CN1. The normalized spacial score (nSPS) is 31.0. The van der Waals surface area contributed by atoms with Crippen LogP contribution in [0.1, 0.15) is 50.2 Å². The summed E-state index contributed by atoms with van der Waals surface area (Å²) < 4.78 is 0. The zero-order valence-corrected chi connectivity index (χ0v) is 12.9. The van der Waals surface area contributed by atoms with Crippen LogP contribution in [0.5, 0.6) is 0 Å². The molecule has 1 N–H and O–H groups in total. The van der Waals surface area contributed by atoms with E-state index < -0.39 is 0 Å². The third-order valence-corrected chi connectivity index (χ3v) is 5.22. The molecule has 1 heterocycles. The fourth-order valence-electron chi connectivity index (χ4n) is 3.85. The first-order valence-corrected chi connectivity index (χ1v) is 8.33. The van der Waals surface area contributed by atoms with Gasteiger partial charge in [0.05, 0.1) is 0 Å². The first kappa shape index (κ1) is 14.1. The molecule has 3 atom stereocenters. The first-order valence-electron chi connectivity index (χ1n) is 8.33. The van der Waals surface area contributed by atoms with Crippen molar-refractivity contribution in [2.75, 3.05) is 19.6 Å². The highest BCUT2D eigenvalue weighted by atomic mass is 15.2. The standard InChI is InChI=1S/C18H28N2/c1-3-17-13-20(14(2)11-19-17)12-16-9-6-8-15-7-4-5-10-18(15)16/h4-5,7,10,14,16-17,19H,3,6,8-9,11-13H2,1-2H3. The van der Waals surface area contributed by atoms with Gasteiger partial charge in [0.2, 0.25) is 0 Å². The first-order chi connectivity index (χ1) is 9.78. The number of benzene rings is 1. The molecular weight excluding hydrogens is 244 g/mol. The van der Waals surface area contributed by atoms with Crippen molar-refractivity contribution in [3.63, 3.8) is 0 Å². The Labute approximate surface area is 123 Å². The second-order valence-corrected chi connectivity index (χ2v) is 6.60. The van der Waals surface area contributed by atoms with E-state index in [2.05, 4.69) is 48.3 Å². The molecule has 0 radical (unpaired) electrons. The fraction of sp³-hybridized carbons (Fsp3) is 0.667. The van der Waals surface area contributed by atoms with Gasteiger partial charge in [-0.25, -0.2) is 0 Å². The molecule has 1 saturated heterocycles. The van der Waals surface area contributed by atoms with E-state index in [9.17, 15) is 0 Å². The van der Waals surface area contributed by atoms with E-state index in [0.717, 1.165) is 12.5 Å². The van der Waals surface area contributed by atoms with Crippen LogP contribution in [0, 0.1) is 0 Å². The average molecular weight is 272 g/mol. The highest BCUT2D eigenvalue weighted by molar-refractivity contribution is 5.32. The van der Waals surface area contributed by atoms with Gasteiger partial charge in [0, 0.05) is 31.7 Å². The summed E-state index contributed by atoms with van der Waals surface area (Å²) in [6.45, 7) is 8.27. The maximum absolute atomic E-state index is 3.66. The lowest BCUT2D eigenvalue weighted by Gasteiger charge is -2.41. The Hall–Kier alpha value is -0.860. The molecule has 1 aromatic rings. The van der Waals surface area contributed by atoms with Gasteiger partial charge >= 0.3 is 0 Å². The maximum atomic E-state index is 3.66. The van der Waals surface area contributed by atoms with Crippen molar-refractivity contribution in [3.05, 3.63) is 35.4 Å². The van der Waals surface area contributed by atoms with Crippen molar-refractivity contribution in [1.82, 2.24) is 10.2 Å². The summed E-state index contributed by atoms with van der Waals surface area (Å²) in [5.41, 5.74) is 3.22. The van der Waals surface area contributed by atoms with Gasteiger partial charge in [-0.3, -0.25) is 4.90 Å². The highest BCUT2D eigenvalue weighted by Crippen LogP contribution is 2.32. The smallest absolute Gasteiger partial charge is 0.0193 e. The number of nitrogens with zero attached hydrogens (tertiary/aromatic N) is 1. The fourth-order valence-corrected chi connectivity index (χ4v) is 3.85. The lowest BCUT2D eigenvalue weighted by atomic mass is 9.82. The molecule has 20 heavy (non-hydrogen) atoms. The third kappa shape index (κ3) is 2.91. The Balaban J connectivity index is 1.71. The minimum Gasteiger partial charge on any atom is -0.311 e. The second kappa shape index (κ2) is 6.28. The average Bonchev–Trinajstić information content (AvgIpc) is 2.50. The van der Waals surface area contributed by atoms with Crippen LogP contribution in [0.4, 0.5) is 0 Å². The number of hydrogen-bond acceptors (Lipinski definition) is 2. The van der Waals surface area contributed by atoms with Gasteiger partial charge in [0.25, 0.3) is 0 Å². The largest absolute Gasteiger partial charge is 0.311 e. The molecule has 0 bridgehead atoms. The van der Waals surface area contributed by atoms with Gasteiger partial charge in [-0.1, -0.05) is 31.2 Å². The van der Waals surface area contributed by atoms with Gasteiger partial charge in [-0.05, 0) is 49.7 Å². The number of fused-ring (bicyclic) bond motifs is 1. The minimum absolute atomic E-state index is 0.673.